The summed E-state index contributed by atoms with van der Waals surface area (Å²) in [6, 6.07) is 8.18. The van der Waals surface area contributed by atoms with E-state index in [4.69, 9.17) is 5.11 Å². The number of nitrogens with one attached hydrogen (secondary N) is 1. The maximum Gasteiger partial charge on any atom is 0.0471 e. The average Bonchev–Trinajstić information content (AvgIpc) is 2.27. The molecule has 1 aromatic carbocycles. The summed E-state index contributed by atoms with van der Waals surface area (Å²) in [6.07, 6.45) is 1.01. The van der Waals surface area contributed by atoms with Crippen molar-refractivity contribution in [2.24, 2.45) is 5.92 Å². The summed E-state index contributed by atoms with van der Waals surface area (Å²) >= 11 is 3.51. The van der Waals surface area contributed by atoms with Gasteiger partial charge in [-0.2, -0.15) is 0 Å². The summed E-state index contributed by atoms with van der Waals surface area (Å²) in [5.41, 5.74) is 1.25. The summed E-state index contributed by atoms with van der Waals surface area (Å²) < 4.78 is 1.13. The third-order valence-electron chi connectivity index (χ3n) is 2.54. The second kappa shape index (κ2) is 6.99. The van der Waals surface area contributed by atoms with E-state index in [0.29, 0.717) is 5.92 Å². The zero-order valence-corrected chi connectivity index (χ0v) is 10.6. The van der Waals surface area contributed by atoms with Crippen LogP contribution in [-0.4, -0.2) is 18.3 Å². The highest BCUT2D eigenvalue weighted by Crippen LogP contribution is 2.15. The van der Waals surface area contributed by atoms with Gasteiger partial charge in [0, 0.05) is 24.2 Å². The van der Waals surface area contributed by atoms with Crippen molar-refractivity contribution in [1.82, 2.24) is 5.32 Å². The van der Waals surface area contributed by atoms with Crippen LogP contribution in [0.5, 0.6) is 0 Å². The van der Waals surface area contributed by atoms with Crippen LogP contribution in [0.3, 0.4) is 0 Å². The van der Waals surface area contributed by atoms with Gasteiger partial charge in [0.2, 0.25) is 0 Å². The Morgan fingerprint density at radius 3 is 2.73 bits per heavy atom. The Bertz CT molecular complexity index is 287. The number of hydrogen-bond acceptors (Lipinski definition) is 2. The molecule has 0 aliphatic rings. The van der Waals surface area contributed by atoms with Gasteiger partial charge in [0.15, 0.2) is 0 Å². The van der Waals surface area contributed by atoms with Gasteiger partial charge in [0.1, 0.15) is 0 Å². The van der Waals surface area contributed by atoms with Crippen molar-refractivity contribution in [2.45, 2.75) is 19.9 Å². The fraction of sp³-hybridized carbons (Fsp3) is 0.500. The number of rotatable bonds is 6. The van der Waals surface area contributed by atoms with Gasteiger partial charge in [-0.1, -0.05) is 41.1 Å². The van der Waals surface area contributed by atoms with Gasteiger partial charge in [-0.25, -0.2) is 0 Å². The number of aliphatic hydroxyl groups excluding tert-OH is 1. The van der Waals surface area contributed by atoms with Crippen molar-refractivity contribution in [2.75, 3.05) is 13.2 Å². The van der Waals surface area contributed by atoms with E-state index in [1.807, 2.05) is 18.2 Å². The second-order valence-electron chi connectivity index (χ2n) is 3.68. The number of aliphatic hydroxyl groups is 1. The quantitative estimate of drug-likeness (QED) is 0.834. The molecule has 84 valence electrons. The van der Waals surface area contributed by atoms with Gasteiger partial charge in [-0.15, -0.1) is 0 Å². The molecule has 0 fully saturated rings. The highest BCUT2D eigenvalue weighted by atomic mass is 79.9. The number of benzene rings is 1. The van der Waals surface area contributed by atoms with Gasteiger partial charge < -0.3 is 10.4 Å². The topological polar surface area (TPSA) is 32.3 Å². The summed E-state index contributed by atoms with van der Waals surface area (Å²) in [5, 5.41) is 12.4. The lowest BCUT2D eigenvalue weighted by molar-refractivity contribution is 0.218. The highest BCUT2D eigenvalue weighted by Gasteiger charge is 2.04. The van der Waals surface area contributed by atoms with Crippen molar-refractivity contribution in [3.05, 3.63) is 34.3 Å². The van der Waals surface area contributed by atoms with Crippen LogP contribution in [0.1, 0.15) is 18.9 Å². The molecule has 1 atom stereocenters. The molecule has 0 saturated heterocycles. The molecule has 1 rings (SSSR count). The second-order valence-corrected chi connectivity index (χ2v) is 4.53. The minimum Gasteiger partial charge on any atom is -0.396 e. The molecule has 1 aromatic rings. The van der Waals surface area contributed by atoms with Crippen LogP contribution in [0.15, 0.2) is 28.7 Å². The average molecular weight is 272 g/mol. The molecule has 0 bridgehead atoms. The molecule has 15 heavy (non-hydrogen) atoms. The zero-order valence-electron chi connectivity index (χ0n) is 9.04. The molecule has 2 nitrogen and oxygen atoms in total. The van der Waals surface area contributed by atoms with E-state index in [1.54, 1.807) is 0 Å². The van der Waals surface area contributed by atoms with Crippen molar-refractivity contribution < 1.29 is 5.11 Å². The number of hydrogen-bond donors (Lipinski definition) is 2. The molecule has 0 aromatic heterocycles. The van der Waals surface area contributed by atoms with Crippen LogP contribution in [-0.2, 0) is 6.54 Å². The standard InChI is InChI=1S/C12H18BrNO/c1-2-10(9-15)7-14-8-11-5-3-4-6-12(11)13/h3-6,10,14-15H,2,7-9H2,1H3. The van der Waals surface area contributed by atoms with E-state index < -0.39 is 0 Å². The fourth-order valence-corrected chi connectivity index (χ4v) is 1.82. The monoisotopic (exact) mass is 271 g/mol. The summed E-state index contributed by atoms with van der Waals surface area (Å²) in [6.45, 7) is 4.08. The first-order valence-corrected chi connectivity index (χ1v) is 6.12. The predicted octanol–water partition coefficient (Wildman–Crippen LogP) is 2.56. The predicted molar refractivity (Wildman–Crippen MR) is 66.7 cm³/mol. The number of halogens is 1. The van der Waals surface area contributed by atoms with Crippen LogP contribution in [0.4, 0.5) is 0 Å². The molecule has 0 heterocycles. The Morgan fingerprint density at radius 2 is 2.13 bits per heavy atom. The van der Waals surface area contributed by atoms with Crippen molar-refractivity contribution >= 4 is 15.9 Å². The lowest BCUT2D eigenvalue weighted by atomic mass is 10.1. The Morgan fingerprint density at radius 1 is 1.40 bits per heavy atom. The molecule has 0 radical (unpaired) electrons. The van der Waals surface area contributed by atoms with E-state index >= 15 is 0 Å². The van der Waals surface area contributed by atoms with Crippen molar-refractivity contribution in [3.8, 4) is 0 Å². The lowest BCUT2D eigenvalue weighted by Crippen LogP contribution is -2.24. The maximum atomic E-state index is 9.03. The zero-order chi connectivity index (χ0) is 11.1. The molecule has 2 N–H and O–H groups in total. The Balaban J connectivity index is 2.34. The minimum absolute atomic E-state index is 0.263. The highest BCUT2D eigenvalue weighted by molar-refractivity contribution is 9.10. The first-order chi connectivity index (χ1) is 7.27. The first kappa shape index (κ1) is 12.7. The molecule has 0 aliphatic heterocycles. The van der Waals surface area contributed by atoms with E-state index in [-0.39, 0.29) is 6.61 Å². The summed E-state index contributed by atoms with van der Waals surface area (Å²) in [7, 11) is 0. The molecule has 0 saturated carbocycles. The molecule has 3 heteroatoms. The fourth-order valence-electron chi connectivity index (χ4n) is 1.39. The largest absolute Gasteiger partial charge is 0.396 e. The summed E-state index contributed by atoms with van der Waals surface area (Å²) in [4.78, 5) is 0. The first-order valence-electron chi connectivity index (χ1n) is 5.33. The van der Waals surface area contributed by atoms with Crippen LogP contribution < -0.4 is 5.32 Å². The Kier molecular flexibility index (Phi) is 5.91. The van der Waals surface area contributed by atoms with E-state index in [1.165, 1.54) is 5.56 Å². The van der Waals surface area contributed by atoms with Gasteiger partial charge in [0.25, 0.3) is 0 Å². The van der Waals surface area contributed by atoms with E-state index in [2.05, 4.69) is 34.2 Å². The normalized spacial score (nSPS) is 12.7. The summed E-state index contributed by atoms with van der Waals surface area (Å²) in [5.74, 6) is 0.368. The van der Waals surface area contributed by atoms with Crippen molar-refractivity contribution in [1.29, 1.82) is 0 Å². The molecular formula is C12H18BrNO. The third kappa shape index (κ3) is 4.33. The lowest BCUT2D eigenvalue weighted by Gasteiger charge is -2.13. The van der Waals surface area contributed by atoms with E-state index in [0.717, 1.165) is 24.0 Å². The molecule has 1 unspecified atom stereocenters. The van der Waals surface area contributed by atoms with Crippen LogP contribution in [0, 0.1) is 5.92 Å². The molecule has 0 spiro atoms. The Hall–Kier alpha value is -0.380. The van der Waals surface area contributed by atoms with Crippen molar-refractivity contribution in [3.63, 3.8) is 0 Å². The molecule has 0 amide bonds. The van der Waals surface area contributed by atoms with Crippen LogP contribution >= 0.6 is 15.9 Å². The smallest absolute Gasteiger partial charge is 0.0471 e. The van der Waals surface area contributed by atoms with Gasteiger partial charge >= 0.3 is 0 Å². The SMILES string of the molecule is CCC(CO)CNCc1ccccc1Br. The van der Waals surface area contributed by atoms with Gasteiger partial charge in [-0.05, 0) is 24.0 Å². The van der Waals surface area contributed by atoms with Crippen LogP contribution in [0.25, 0.3) is 0 Å². The molecule has 0 aliphatic carbocycles. The van der Waals surface area contributed by atoms with Crippen LogP contribution in [0.2, 0.25) is 0 Å². The molecular weight excluding hydrogens is 254 g/mol. The minimum atomic E-state index is 0.263. The van der Waals surface area contributed by atoms with Gasteiger partial charge in [-0.3, -0.25) is 0 Å². The third-order valence-corrected chi connectivity index (χ3v) is 3.32. The van der Waals surface area contributed by atoms with E-state index in [9.17, 15) is 0 Å². The Labute approximate surface area is 99.8 Å². The van der Waals surface area contributed by atoms with Gasteiger partial charge in [0.05, 0.1) is 0 Å². The maximum absolute atomic E-state index is 9.03.